The average Bonchev–Trinajstić information content (AvgIpc) is 3.74. The Morgan fingerprint density at radius 2 is 0.586 bits per heavy atom. The Labute approximate surface area is 408 Å². The van der Waals surface area contributed by atoms with E-state index < -0.39 is 0 Å². The highest BCUT2D eigenvalue weighted by Gasteiger charge is 2.62. The summed E-state index contributed by atoms with van der Waals surface area (Å²) in [5.41, 5.74) is 16.4. The lowest BCUT2D eigenvalue weighted by molar-refractivity contribution is -0.0399. The Bertz CT molecular complexity index is 3450. The number of hydrogen-bond donors (Lipinski definition) is 0. The molecule has 0 saturated heterocycles. The highest BCUT2D eigenvalue weighted by molar-refractivity contribution is 6.00. The SMILES string of the molecule is c1ccc(-c2nc(-c3ccccc3)nc(-c3ccc(-c4cccc5c4-c4c(-c6cccc(-c7nc(-c8ccccc8)nc(-c8ccccc8)n7)c6)cccc4C54C5CC6CC(C5)CC4C6)cc3)n2)cc1. The zero-order valence-corrected chi connectivity index (χ0v) is 38.7. The summed E-state index contributed by atoms with van der Waals surface area (Å²) < 4.78 is 0. The minimum atomic E-state index is -0.0163. The molecule has 8 aromatic carbocycles. The van der Waals surface area contributed by atoms with Crippen LogP contribution < -0.4 is 0 Å². The molecule has 0 atom stereocenters. The summed E-state index contributed by atoms with van der Waals surface area (Å²) in [5, 5.41) is 0. The summed E-state index contributed by atoms with van der Waals surface area (Å²) in [4.78, 5) is 30.4. The lowest BCUT2D eigenvalue weighted by Crippen LogP contribution is -2.55. The molecule has 1 spiro atoms. The first-order valence-corrected chi connectivity index (χ1v) is 24.9. The van der Waals surface area contributed by atoms with Gasteiger partial charge in [0, 0.05) is 38.8 Å². The van der Waals surface area contributed by atoms with E-state index in [4.69, 9.17) is 29.9 Å². The van der Waals surface area contributed by atoms with Gasteiger partial charge in [-0.15, -0.1) is 0 Å². The molecule has 4 bridgehead atoms. The van der Waals surface area contributed by atoms with Gasteiger partial charge >= 0.3 is 0 Å². The molecule has 5 aliphatic rings. The van der Waals surface area contributed by atoms with Crippen molar-refractivity contribution in [2.75, 3.05) is 0 Å². The molecule has 10 aromatic rings. The molecule has 334 valence electrons. The van der Waals surface area contributed by atoms with Crippen molar-refractivity contribution >= 4 is 0 Å². The van der Waals surface area contributed by atoms with Gasteiger partial charge in [0.2, 0.25) is 0 Å². The first-order chi connectivity index (χ1) is 34.6. The van der Waals surface area contributed by atoms with Gasteiger partial charge in [-0.25, -0.2) is 29.9 Å². The third kappa shape index (κ3) is 6.68. The first kappa shape index (κ1) is 40.8. The molecule has 0 amide bonds. The van der Waals surface area contributed by atoms with E-state index >= 15 is 0 Å². The van der Waals surface area contributed by atoms with Gasteiger partial charge in [0.1, 0.15) is 0 Å². The second kappa shape index (κ2) is 16.5. The smallest absolute Gasteiger partial charge is 0.164 e. The summed E-state index contributed by atoms with van der Waals surface area (Å²) in [7, 11) is 0. The molecule has 0 aliphatic heterocycles. The predicted octanol–water partition coefficient (Wildman–Crippen LogP) is 15.1. The van der Waals surface area contributed by atoms with Crippen molar-refractivity contribution in [3.05, 3.63) is 217 Å². The molecule has 4 fully saturated rings. The van der Waals surface area contributed by atoms with E-state index in [-0.39, 0.29) is 5.41 Å². The fraction of sp³-hybridized carbons (Fsp3) is 0.156. The predicted molar refractivity (Wildman–Crippen MR) is 280 cm³/mol. The maximum absolute atomic E-state index is 5.15. The first-order valence-electron chi connectivity index (χ1n) is 24.9. The van der Waals surface area contributed by atoms with Crippen LogP contribution in [0.3, 0.4) is 0 Å². The van der Waals surface area contributed by atoms with E-state index in [0.717, 1.165) is 50.8 Å². The largest absolute Gasteiger partial charge is 0.208 e. The maximum atomic E-state index is 5.15. The Morgan fingerprint density at radius 1 is 0.271 bits per heavy atom. The zero-order valence-electron chi connectivity index (χ0n) is 38.7. The standard InChI is InChI=1S/C64H48N6/c1-5-16-43(17-6-1)58-65-59(44-18-7-2-8-19-44)68-62(67-58)47-32-30-42(31-33-47)52-26-14-28-54-56(52)57-53(27-15-29-55(57)64(54)50-35-40-34-41(37-50)38-51(64)36-40)48-24-13-25-49(39-48)63-69-60(45-20-9-3-10-21-45)66-61(70-63)46-22-11-4-12-23-46/h1-33,39-41,50-51H,34-38H2. The van der Waals surface area contributed by atoms with Crippen molar-refractivity contribution in [1.82, 2.24) is 29.9 Å². The number of fused-ring (bicyclic) bond motifs is 3. The van der Waals surface area contributed by atoms with E-state index in [0.29, 0.717) is 46.8 Å². The highest BCUT2D eigenvalue weighted by Crippen LogP contribution is 2.71. The average molecular weight is 901 g/mol. The van der Waals surface area contributed by atoms with Crippen molar-refractivity contribution in [3.8, 4) is 102 Å². The molecule has 2 aromatic heterocycles. The Morgan fingerprint density at radius 3 is 1.00 bits per heavy atom. The molecule has 5 aliphatic carbocycles. The van der Waals surface area contributed by atoms with Crippen LogP contribution in [0.4, 0.5) is 0 Å². The summed E-state index contributed by atoms with van der Waals surface area (Å²) in [6.07, 6.45) is 6.69. The van der Waals surface area contributed by atoms with Gasteiger partial charge in [-0.3, -0.25) is 0 Å². The van der Waals surface area contributed by atoms with Gasteiger partial charge in [0.05, 0.1) is 0 Å². The molecule has 0 radical (unpaired) electrons. The third-order valence-corrected chi connectivity index (χ3v) is 16.0. The molecule has 70 heavy (non-hydrogen) atoms. The number of nitrogens with zero attached hydrogens (tertiary/aromatic N) is 6. The number of benzene rings is 8. The van der Waals surface area contributed by atoms with Gasteiger partial charge in [-0.05, 0) is 106 Å². The van der Waals surface area contributed by atoms with Crippen molar-refractivity contribution < 1.29 is 0 Å². The highest BCUT2D eigenvalue weighted by atomic mass is 15.0. The van der Waals surface area contributed by atoms with Crippen LogP contribution in [0, 0.1) is 23.7 Å². The maximum Gasteiger partial charge on any atom is 0.164 e. The van der Waals surface area contributed by atoms with Gasteiger partial charge in [0.25, 0.3) is 0 Å². The van der Waals surface area contributed by atoms with E-state index in [1.54, 1.807) is 0 Å². The van der Waals surface area contributed by atoms with E-state index in [2.05, 4.69) is 133 Å². The van der Waals surface area contributed by atoms with Crippen LogP contribution >= 0.6 is 0 Å². The topological polar surface area (TPSA) is 77.3 Å². The summed E-state index contributed by atoms with van der Waals surface area (Å²) in [6.45, 7) is 0. The molecule has 15 rings (SSSR count). The summed E-state index contributed by atoms with van der Waals surface area (Å²) in [5.74, 6) is 6.90. The van der Waals surface area contributed by atoms with Crippen molar-refractivity contribution in [1.29, 1.82) is 0 Å². The molecule has 0 N–H and O–H groups in total. The second-order valence-corrected chi connectivity index (χ2v) is 19.9. The minimum Gasteiger partial charge on any atom is -0.208 e. The summed E-state index contributed by atoms with van der Waals surface area (Å²) in [6, 6.07) is 73.0. The number of aromatic nitrogens is 6. The van der Waals surface area contributed by atoms with E-state index in [9.17, 15) is 0 Å². The van der Waals surface area contributed by atoms with Crippen molar-refractivity contribution in [2.45, 2.75) is 37.5 Å². The van der Waals surface area contributed by atoms with Crippen LogP contribution in [0.1, 0.15) is 43.2 Å². The molecule has 0 unspecified atom stereocenters. The quantitative estimate of drug-likeness (QED) is 0.151. The normalized spacial score (nSPS) is 20.3. The minimum absolute atomic E-state index is 0.0163. The van der Waals surface area contributed by atoms with Crippen LogP contribution in [-0.4, -0.2) is 29.9 Å². The fourth-order valence-corrected chi connectivity index (χ4v) is 13.3. The van der Waals surface area contributed by atoms with Crippen molar-refractivity contribution in [3.63, 3.8) is 0 Å². The molecule has 6 heteroatoms. The van der Waals surface area contributed by atoms with Gasteiger partial charge in [0.15, 0.2) is 34.9 Å². The lowest BCUT2D eigenvalue weighted by atomic mass is 9.43. The van der Waals surface area contributed by atoms with E-state index in [1.807, 2.05) is 72.8 Å². The van der Waals surface area contributed by atoms with Crippen molar-refractivity contribution in [2.24, 2.45) is 23.7 Å². The van der Waals surface area contributed by atoms with Crippen LogP contribution in [0.5, 0.6) is 0 Å². The van der Waals surface area contributed by atoms with Crippen LogP contribution in [-0.2, 0) is 5.41 Å². The molecule has 2 heterocycles. The van der Waals surface area contributed by atoms with Crippen LogP contribution in [0.25, 0.3) is 102 Å². The fourth-order valence-electron chi connectivity index (χ4n) is 13.3. The number of rotatable bonds is 8. The van der Waals surface area contributed by atoms with Gasteiger partial charge in [-0.2, -0.15) is 0 Å². The zero-order chi connectivity index (χ0) is 46.2. The van der Waals surface area contributed by atoms with E-state index in [1.165, 1.54) is 71.0 Å². The summed E-state index contributed by atoms with van der Waals surface area (Å²) >= 11 is 0. The van der Waals surface area contributed by atoms with Crippen LogP contribution in [0.15, 0.2) is 206 Å². The Kier molecular flexibility index (Phi) is 9.61. The van der Waals surface area contributed by atoms with Crippen LogP contribution in [0.2, 0.25) is 0 Å². The monoisotopic (exact) mass is 900 g/mol. The third-order valence-electron chi connectivity index (χ3n) is 16.0. The Balaban J connectivity index is 0.920. The number of hydrogen-bond acceptors (Lipinski definition) is 6. The van der Waals surface area contributed by atoms with Gasteiger partial charge in [-0.1, -0.05) is 200 Å². The molecular formula is C64H48N6. The Hall–Kier alpha value is -8.22. The second-order valence-electron chi connectivity index (χ2n) is 19.9. The molecule has 4 saturated carbocycles. The molecular weight excluding hydrogens is 853 g/mol. The molecule has 6 nitrogen and oxygen atoms in total. The van der Waals surface area contributed by atoms with Gasteiger partial charge < -0.3 is 0 Å². The lowest BCUT2D eigenvalue weighted by Gasteiger charge is -2.61.